The maximum absolute atomic E-state index is 11.3. The third-order valence-corrected chi connectivity index (χ3v) is 3.55. The first-order valence-corrected chi connectivity index (χ1v) is 6.72. The molecule has 0 bridgehead atoms. The molecular formula is C10H17N3O3S. The Labute approximate surface area is 103 Å². The van der Waals surface area contributed by atoms with E-state index < -0.39 is 11.3 Å². The fourth-order valence-corrected chi connectivity index (χ4v) is 2.50. The minimum atomic E-state index is -2.04. The molecule has 96 valence electrons. The molecule has 2 rings (SSSR count). The van der Waals surface area contributed by atoms with Gasteiger partial charge in [0.25, 0.3) is 11.3 Å². The molecule has 1 aromatic rings. The molecule has 0 spiro atoms. The summed E-state index contributed by atoms with van der Waals surface area (Å²) >= 11 is -2.04. The zero-order valence-corrected chi connectivity index (χ0v) is 10.6. The van der Waals surface area contributed by atoms with Gasteiger partial charge in [-0.2, -0.15) is 5.10 Å². The van der Waals surface area contributed by atoms with Crippen molar-refractivity contribution in [1.82, 2.24) is 9.78 Å². The predicted molar refractivity (Wildman–Crippen MR) is 64.9 cm³/mol. The Kier molecular flexibility index (Phi) is 4.14. The number of aromatic nitrogens is 2. The average Bonchev–Trinajstić information content (AvgIpc) is 2.73. The van der Waals surface area contributed by atoms with E-state index in [1.165, 1.54) is 4.31 Å². The lowest BCUT2D eigenvalue weighted by Crippen LogP contribution is -2.36. The van der Waals surface area contributed by atoms with Gasteiger partial charge in [-0.3, -0.25) is 13.5 Å². The summed E-state index contributed by atoms with van der Waals surface area (Å²) < 4.78 is 29.2. The fourth-order valence-electron chi connectivity index (χ4n) is 1.93. The van der Waals surface area contributed by atoms with Crippen LogP contribution in [0.25, 0.3) is 0 Å². The summed E-state index contributed by atoms with van der Waals surface area (Å²) in [6.07, 6.45) is 6.46. The van der Waals surface area contributed by atoms with Gasteiger partial charge in [0.05, 0.1) is 24.5 Å². The maximum atomic E-state index is 11.3. The summed E-state index contributed by atoms with van der Waals surface area (Å²) in [5, 5.41) is 4.00. The molecule has 1 N–H and O–H groups in total. The van der Waals surface area contributed by atoms with Crippen LogP contribution in [-0.4, -0.2) is 37.8 Å². The van der Waals surface area contributed by atoms with Gasteiger partial charge in [0.15, 0.2) is 0 Å². The minimum Gasteiger partial charge on any atom is -0.376 e. The van der Waals surface area contributed by atoms with Crippen molar-refractivity contribution in [2.45, 2.75) is 25.4 Å². The summed E-state index contributed by atoms with van der Waals surface area (Å²) in [6.45, 7) is 1.17. The van der Waals surface area contributed by atoms with Crippen molar-refractivity contribution in [3.8, 4) is 0 Å². The first-order valence-electron chi connectivity index (χ1n) is 5.65. The van der Waals surface area contributed by atoms with Crippen LogP contribution in [0.5, 0.6) is 0 Å². The van der Waals surface area contributed by atoms with E-state index in [4.69, 9.17) is 4.74 Å². The van der Waals surface area contributed by atoms with Gasteiger partial charge in [-0.05, 0) is 19.3 Å². The summed E-state index contributed by atoms with van der Waals surface area (Å²) in [7, 11) is 1.78. The summed E-state index contributed by atoms with van der Waals surface area (Å²) in [5.74, 6) is 0. The van der Waals surface area contributed by atoms with E-state index in [1.54, 1.807) is 24.1 Å². The van der Waals surface area contributed by atoms with Crippen molar-refractivity contribution in [1.29, 1.82) is 0 Å². The van der Waals surface area contributed by atoms with Crippen molar-refractivity contribution in [3.05, 3.63) is 12.4 Å². The van der Waals surface area contributed by atoms with Crippen molar-refractivity contribution in [2.75, 3.05) is 17.5 Å². The third-order valence-electron chi connectivity index (χ3n) is 2.81. The van der Waals surface area contributed by atoms with Crippen LogP contribution in [0.1, 0.15) is 19.3 Å². The highest BCUT2D eigenvalue weighted by atomic mass is 32.2. The molecule has 0 aliphatic carbocycles. The van der Waals surface area contributed by atoms with Crippen LogP contribution in [-0.2, 0) is 23.1 Å². The van der Waals surface area contributed by atoms with Gasteiger partial charge < -0.3 is 4.74 Å². The van der Waals surface area contributed by atoms with Crippen molar-refractivity contribution in [3.63, 3.8) is 0 Å². The van der Waals surface area contributed by atoms with Crippen LogP contribution in [0, 0.1) is 0 Å². The first-order chi connectivity index (χ1) is 8.16. The molecule has 17 heavy (non-hydrogen) atoms. The van der Waals surface area contributed by atoms with Crippen molar-refractivity contribution < 1.29 is 13.5 Å². The molecule has 0 aromatic carbocycles. The molecule has 1 aliphatic rings. The van der Waals surface area contributed by atoms with E-state index in [9.17, 15) is 8.76 Å². The normalized spacial score (nSPS) is 22.4. The number of anilines is 1. The third kappa shape index (κ3) is 3.27. The Hall–Kier alpha value is -0.920. The first kappa shape index (κ1) is 12.5. The highest BCUT2D eigenvalue weighted by Gasteiger charge is 2.22. The fraction of sp³-hybridized carbons (Fsp3) is 0.700. The quantitative estimate of drug-likeness (QED) is 0.817. The molecule has 1 aromatic heterocycles. The number of hydrogen-bond donors (Lipinski definition) is 1. The molecule has 7 heteroatoms. The smallest absolute Gasteiger partial charge is 0.262 e. The highest BCUT2D eigenvalue weighted by molar-refractivity contribution is 7.80. The van der Waals surface area contributed by atoms with Gasteiger partial charge in [0, 0.05) is 19.9 Å². The summed E-state index contributed by atoms with van der Waals surface area (Å²) in [6, 6.07) is 0. The number of aryl methyl sites for hydroxylation is 1. The van der Waals surface area contributed by atoms with Gasteiger partial charge in [-0.1, -0.05) is 0 Å². The lowest BCUT2D eigenvalue weighted by atomic mass is 10.1. The van der Waals surface area contributed by atoms with Crippen LogP contribution in [0.4, 0.5) is 5.69 Å². The second kappa shape index (κ2) is 5.61. The topological polar surface area (TPSA) is 67.6 Å². The molecule has 1 saturated heterocycles. The van der Waals surface area contributed by atoms with Gasteiger partial charge in [-0.25, -0.2) is 4.21 Å². The molecular weight excluding hydrogens is 242 g/mol. The van der Waals surface area contributed by atoms with Crippen LogP contribution >= 0.6 is 0 Å². The Morgan fingerprint density at radius 3 is 3.06 bits per heavy atom. The second-order valence-corrected chi connectivity index (χ2v) is 5.05. The lowest BCUT2D eigenvalue weighted by molar-refractivity contribution is 0.0228. The molecule has 6 nitrogen and oxygen atoms in total. The van der Waals surface area contributed by atoms with Crippen LogP contribution < -0.4 is 4.31 Å². The van der Waals surface area contributed by atoms with E-state index >= 15 is 0 Å². The van der Waals surface area contributed by atoms with Crippen LogP contribution in [0.15, 0.2) is 12.4 Å². The molecule has 2 unspecified atom stereocenters. The van der Waals surface area contributed by atoms with Crippen LogP contribution in [0.3, 0.4) is 0 Å². The largest absolute Gasteiger partial charge is 0.376 e. The SMILES string of the molecule is Cn1cc(N(CC2CCCCO2)S(=O)O)cn1. The number of nitrogens with zero attached hydrogens (tertiary/aromatic N) is 3. The average molecular weight is 259 g/mol. The molecule has 0 radical (unpaired) electrons. The predicted octanol–water partition coefficient (Wildman–Crippen LogP) is 0.932. The molecule has 2 heterocycles. The minimum absolute atomic E-state index is 0.0278. The van der Waals surface area contributed by atoms with E-state index in [1.807, 2.05) is 0 Å². The van der Waals surface area contributed by atoms with E-state index in [2.05, 4.69) is 5.10 Å². The monoisotopic (exact) mass is 259 g/mol. The number of ether oxygens (including phenoxy) is 1. The zero-order valence-electron chi connectivity index (χ0n) is 9.78. The van der Waals surface area contributed by atoms with Crippen LogP contribution in [0.2, 0.25) is 0 Å². The van der Waals surface area contributed by atoms with E-state index in [-0.39, 0.29) is 6.10 Å². The summed E-state index contributed by atoms with van der Waals surface area (Å²) in [4.78, 5) is 0. The maximum Gasteiger partial charge on any atom is 0.262 e. The number of hydrogen-bond acceptors (Lipinski definition) is 3. The Morgan fingerprint density at radius 2 is 2.53 bits per heavy atom. The Morgan fingerprint density at radius 1 is 1.71 bits per heavy atom. The van der Waals surface area contributed by atoms with Gasteiger partial charge in [0.1, 0.15) is 0 Å². The summed E-state index contributed by atoms with van der Waals surface area (Å²) in [5.41, 5.74) is 0.641. The second-order valence-electron chi connectivity index (χ2n) is 4.15. The lowest BCUT2D eigenvalue weighted by Gasteiger charge is -2.27. The molecule has 1 fully saturated rings. The van der Waals surface area contributed by atoms with Crippen molar-refractivity contribution in [2.24, 2.45) is 7.05 Å². The molecule has 0 amide bonds. The highest BCUT2D eigenvalue weighted by Crippen LogP contribution is 2.19. The van der Waals surface area contributed by atoms with Gasteiger partial charge >= 0.3 is 0 Å². The Bertz CT molecular complexity index is 390. The standard InChI is InChI=1S/C10H17N3O3S/c1-12-7-9(6-11-12)13(17(14)15)8-10-4-2-3-5-16-10/h6-7,10H,2-5,8H2,1H3,(H,14,15). The molecule has 0 saturated carbocycles. The molecule has 1 aliphatic heterocycles. The van der Waals surface area contributed by atoms with Gasteiger partial charge in [-0.15, -0.1) is 0 Å². The van der Waals surface area contributed by atoms with Gasteiger partial charge in [0.2, 0.25) is 0 Å². The van der Waals surface area contributed by atoms with E-state index in [0.29, 0.717) is 12.2 Å². The zero-order chi connectivity index (χ0) is 12.3. The number of rotatable bonds is 4. The van der Waals surface area contributed by atoms with Crippen molar-refractivity contribution >= 4 is 17.0 Å². The van der Waals surface area contributed by atoms with E-state index in [0.717, 1.165) is 25.9 Å². The molecule has 2 atom stereocenters. The Balaban J connectivity index is 2.04.